The van der Waals surface area contributed by atoms with Gasteiger partial charge < -0.3 is 15.3 Å². The van der Waals surface area contributed by atoms with Gasteiger partial charge in [0.1, 0.15) is 0 Å². The lowest BCUT2D eigenvalue weighted by Crippen LogP contribution is -2.38. The predicted octanol–water partition coefficient (Wildman–Crippen LogP) is 4.81. The largest absolute Gasteiger partial charge is 0.387 e. The van der Waals surface area contributed by atoms with Gasteiger partial charge in [-0.15, -0.1) is 11.3 Å². The van der Waals surface area contributed by atoms with Gasteiger partial charge in [-0.05, 0) is 55.5 Å². The number of nitrogens with zero attached hydrogens (tertiary/aromatic N) is 2. The molecule has 4 rings (SSSR count). The molecule has 2 heterocycles. The van der Waals surface area contributed by atoms with Crippen LogP contribution in [0, 0.1) is 0 Å². The Morgan fingerprint density at radius 3 is 2.52 bits per heavy atom. The molecule has 0 spiro atoms. The third kappa shape index (κ3) is 6.08. The Balaban J connectivity index is 1.25. The number of aliphatic hydroxyl groups is 1. The minimum Gasteiger partial charge on any atom is -0.387 e. The summed E-state index contributed by atoms with van der Waals surface area (Å²) in [6.07, 6.45) is 3.14. The maximum atomic E-state index is 12.9. The lowest BCUT2D eigenvalue weighted by atomic mass is 9.94. The Morgan fingerprint density at radius 1 is 1.15 bits per heavy atom. The van der Waals surface area contributed by atoms with Crippen LogP contribution in [0.4, 0.5) is 0 Å². The standard InChI is InChI=1S/C27H33N3O2S/c1-2-24(26(31)22-6-4-3-5-7-22)28-15-12-20-8-10-23(11-9-20)27(32)30-16-13-21(14-17-30)25-18-33-19-29-25/h3-11,18-19,21,24,26,28,31H,2,12-17H2,1H3/t24-,26-/m1/s1. The zero-order chi connectivity index (χ0) is 23.0. The van der Waals surface area contributed by atoms with E-state index in [-0.39, 0.29) is 11.9 Å². The van der Waals surface area contributed by atoms with Gasteiger partial charge in [0.2, 0.25) is 0 Å². The number of amides is 1. The fourth-order valence-electron chi connectivity index (χ4n) is 4.56. The number of thiazole rings is 1. The van der Waals surface area contributed by atoms with Crippen molar-refractivity contribution in [2.45, 2.75) is 50.7 Å². The van der Waals surface area contributed by atoms with Crippen LogP contribution in [-0.4, -0.2) is 46.6 Å². The molecule has 1 aromatic heterocycles. The molecule has 5 nitrogen and oxygen atoms in total. The first-order valence-electron chi connectivity index (χ1n) is 11.9. The van der Waals surface area contributed by atoms with E-state index in [9.17, 15) is 9.90 Å². The van der Waals surface area contributed by atoms with Gasteiger partial charge in [0.15, 0.2) is 0 Å². The van der Waals surface area contributed by atoms with E-state index < -0.39 is 6.10 Å². The maximum absolute atomic E-state index is 12.9. The molecule has 2 aromatic carbocycles. The minimum atomic E-state index is -0.518. The highest BCUT2D eigenvalue weighted by atomic mass is 32.1. The summed E-state index contributed by atoms with van der Waals surface area (Å²) in [7, 11) is 0. The Hall–Kier alpha value is -2.54. The van der Waals surface area contributed by atoms with Gasteiger partial charge in [-0.25, -0.2) is 4.98 Å². The van der Waals surface area contributed by atoms with E-state index in [0.29, 0.717) is 5.92 Å². The van der Waals surface area contributed by atoms with Crippen LogP contribution in [0.5, 0.6) is 0 Å². The van der Waals surface area contributed by atoms with E-state index >= 15 is 0 Å². The molecule has 0 saturated carbocycles. The Morgan fingerprint density at radius 2 is 1.88 bits per heavy atom. The number of carbonyl (C=O) groups excluding carboxylic acids is 1. The van der Waals surface area contributed by atoms with Gasteiger partial charge in [-0.3, -0.25) is 4.79 Å². The van der Waals surface area contributed by atoms with E-state index in [2.05, 4.69) is 22.6 Å². The Labute approximate surface area is 200 Å². The third-order valence-corrected chi connectivity index (χ3v) is 7.24. The van der Waals surface area contributed by atoms with Crippen molar-refractivity contribution in [2.24, 2.45) is 0 Å². The number of rotatable bonds is 9. The van der Waals surface area contributed by atoms with Crippen LogP contribution in [0.2, 0.25) is 0 Å². The summed E-state index contributed by atoms with van der Waals surface area (Å²) < 4.78 is 0. The van der Waals surface area contributed by atoms with Gasteiger partial charge in [0.05, 0.1) is 17.3 Å². The second-order valence-corrected chi connectivity index (χ2v) is 9.47. The fourth-order valence-corrected chi connectivity index (χ4v) is 5.20. The second-order valence-electron chi connectivity index (χ2n) is 8.75. The molecule has 1 saturated heterocycles. The van der Waals surface area contributed by atoms with Crippen molar-refractivity contribution in [2.75, 3.05) is 19.6 Å². The highest BCUT2D eigenvalue weighted by Gasteiger charge is 2.25. The monoisotopic (exact) mass is 463 g/mol. The second kappa shape index (κ2) is 11.5. The molecule has 1 aliphatic rings. The molecule has 0 radical (unpaired) electrons. The summed E-state index contributed by atoms with van der Waals surface area (Å²) >= 11 is 1.64. The fraction of sp³-hybridized carbons (Fsp3) is 0.407. The van der Waals surface area contributed by atoms with E-state index in [4.69, 9.17) is 0 Å². The molecule has 0 bridgehead atoms. The molecule has 6 heteroatoms. The van der Waals surface area contributed by atoms with Crippen molar-refractivity contribution in [3.8, 4) is 0 Å². The lowest BCUT2D eigenvalue weighted by molar-refractivity contribution is 0.0712. The molecular formula is C27H33N3O2S. The van der Waals surface area contributed by atoms with Gasteiger partial charge in [-0.1, -0.05) is 49.4 Å². The Kier molecular flexibility index (Phi) is 8.26. The van der Waals surface area contributed by atoms with Crippen LogP contribution < -0.4 is 5.32 Å². The zero-order valence-electron chi connectivity index (χ0n) is 19.2. The predicted molar refractivity (Wildman–Crippen MR) is 134 cm³/mol. The van der Waals surface area contributed by atoms with Gasteiger partial charge in [0.25, 0.3) is 5.91 Å². The van der Waals surface area contributed by atoms with Crippen LogP contribution in [0.3, 0.4) is 0 Å². The van der Waals surface area contributed by atoms with Gasteiger partial charge in [-0.2, -0.15) is 0 Å². The molecule has 2 N–H and O–H groups in total. The molecule has 33 heavy (non-hydrogen) atoms. The smallest absolute Gasteiger partial charge is 0.253 e. The highest BCUT2D eigenvalue weighted by Crippen LogP contribution is 2.28. The number of benzene rings is 2. The molecule has 1 amide bonds. The van der Waals surface area contributed by atoms with Gasteiger partial charge in [0, 0.05) is 36.0 Å². The molecule has 0 unspecified atom stereocenters. The lowest BCUT2D eigenvalue weighted by Gasteiger charge is -2.31. The topological polar surface area (TPSA) is 65.5 Å². The summed E-state index contributed by atoms with van der Waals surface area (Å²) in [5, 5.41) is 16.3. The van der Waals surface area contributed by atoms with Crippen molar-refractivity contribution >= 4 is 17.2 Å². The summed E-state index contributed by atoms with van der Waals surface area (Å²) in [6.45, 7) is 4.44. The average Bonchev–Trinajstić information content (AvgIpc) is 3.42. The third-order valence-electron chi connectivity index (χ3n) is 6.64. The van der Waals surface area contributed by atoms with Crippen molar-refractivity contribution in [3.05, 3.63) is 87.9 Å². The number of aliphatic hydroxyl groups excluding tert-OH is 1. The SMILES string of the molecule is CC[C@@H](NCCc1ccc(C(=O)N2CCC(c3cscn3)CC2)cc1)[C@H](O)c1ccccc1. The summed E-state index contributed by atoms with van der Waals surface area (Å²) in [5.41, 5.74) is 5.94. The molecule has 1 aliphatic heterocycles. The van der Waals surface area contributed by atoms with E-state index in [1.54, 1.807) is 11.3 Å². The molecule has 1 fully saturated rings. The zero-order valence-corrected chi connectivity index (χ0v) is 20.0. The van der Waals surface area contributed by atoms with Gasteiger partial charge >= 0.3 is 0 Å². The van der Waals surface area contributed by atoms with Crippen LogP contribution in [0.1, 0.15) is 65.4 Å². The van der Waals surface area contributed by atoms with Crippen molar-refractivity contribution in [1.82, 2.24) is 15.2 Å². The summed E-state index contributed by atoms with van der Waals surface area (Å²) in [5.74, 6) is 0.593. The number of likely N-dealkylation sites (tertiary alicyclic amines) is 1. The van der Waals surface area contributed by atoms with Crippen LogP contribution >= 0.6 is 11.3 Å². The van der Waals surface area contributed by atoms with Crippen molar-refractivity contribution in [3.63, 3.8) is 0 Å². The number of carbonyl (C=O) groups is 1. The number of nitrogens with one attached hydrogen (secondary N) is 1. The van der Waals surface area contributed by atoms with Crippen molar-refractivity contribution in [1.29, 1.82) is 0 Å². The summed E-state index contributed by atoms with van der Waals surface area (Å²) in [4.78, 5) is 19.3. The highest BCUT2D eigenvalue weighted by molar-refractivity contribution is 7.07. The Bertz CT molecular complexity index is 984. The first-order valence-corrected chi connectivity index (χ1v) is 12.8. The van der Waals surface area contributed by atoms with Crippen LogP contribution in [0.15, 0.2) is 65.5 Å². The first kappa shape index (κ1) is 23.6. The number of piperidine rings is 1. The van der Waals surface area contributed by atoms with Crippen LogP contribution in [-0.2, 0) is 6.42 Å². The minimum absolute atomic E-state index is 0.0143. The van der Waals surface area contributed by atoms with E-state index in [1.807, 2.05) is 65.0 Å². The number of hydrogen-bond acceptors (Lipinski definition) is 5. The van der Waals surface area contributed by atoms with Crippen LogP contribution in [0.25, 0.3) is 0 Å². The molecule has 2 atom stereocenters. The molecule has 174 valence electrons. The normalized spacial score (nSPS) is 16.5. The van der Waals surface area contributed by atoms with Crippen molar-refractivity contribution < 1.29 is 9.90 Å². The molecule has 3 aromatic rings. The first-order chi connectivity index (χ1) is 16.2. The molecule has 0 aliphatic carbocycles. The number of hydrogen-bond donors (Lipinski definition) is 2. The number of aromatic nitrogens is 1. The molecular weight excluding hydrogens is 430 g/mol. The maximum Gasteiger partial charge on any atom is 0.253 e. The quantitative estimate of drug-likeness (QED) is 0.478. The van der Waals surface area contributed by atoms with E-state index in [0.717, 1.165) is 56.4 Å². The average molecular weight is 464 g/mol. The van der Waals surface area contributed by atoms with E-state index in [1.165, 1.54) is 11.3 Å². The summed E-state index contributed by atoms with van der Waals surface area (Å²) in [6, 6.07) is 17.8.